The highest BCUT2D eigenvalue weighted by Gasteiger charge is 2.39. The van der Waals surface area contributed by atoms with Crippen LogP contribution in [0.3, 0.4) is 0 Å². The molecule has 1 atom stereocenters. The molecular formula is C23H22N4O3. The van der Waals surface area contributed by atoms with Crippen LogP contribution in [0.4, 0.5) is 16.3 Å². The van der Waals surface area contributed by atoms with Crippen molar-refractivity contribution in [3.63, 3.8) is 0 Å². The van der Waals surface area contributed by atoms with E-state index in [0.29, 0.717) is 22.8 Å². The number of methoxy groups -OCH3 is 1. The van der Waals surface area contributed by atoms with Gasteiger partial charge in [-0.25, -0.2) is 9.78 Å². The molecular weight excluding hydrogens is 380 g/mol. The fourth-order valence-electron chi connectivity index (χ4n) is 4.50. The summed E-state index contributed by atoms with van der Waals surface area (Å²) in [5.74, 6) is 1.09. The summed E-state index contributed by atoms with van der Waals surface area (Å²) in [5.41, 5.74) is 3.00. The monoisotopic (exact) mass is 402 g/mol. The Balaban J connectivity index is 1.41. The van der Waals surface area contributed by atoms with Crippen molar-refractivity contribution in [3.05, 3.63) is 59.7 Å². The fourth-order valence-corrected chi connectivity index (χ4v) is 4.50. The van der Waals surface area contributed by atoms with Gasteiger partial charge in [0.25, 0.3) is 5.91 Å². The molecule has 1 unspecified atom stereocenters. The molecule has 1 saturated heterocycles. The van der Waals surface area contributed by atoms with E-state index >= 15 is 0 Å². The van der Waals surface area contributed by atoms with Gasteiger partial charge in [-0.2, -0.15) is 0 Å². The molecule has 2 aliphatic rings. The Bertz CT molecular complexity index is 1160. The van der Waals surface area contributed by atoms with Gasteiger partial charge in [-0.05, 0) is 43.5 Å². The molecule has 0 spiro atoms. The van der Waals surface area contributed by atoms with Gasteiger partial charge in [0.15, 0.2) is 0 Å². The lowest BCUT2D eigenvalue weighted by Crippen LogP contribution is -2.32. The number of ether oxygens (including phenoxy) is 1. The van der Waals surface area contributed by atoms with E-state index in [0.717, 1.165) is 42.3 Å². The summed E-state index contributed by atoms with van der Waals surface area (Å²) in [7, 11) is 1.59. The number of carbonyl (C=O) groups excluding carboxylic acids is 2. The lowest BCUT2D eigenvalue weighted by Gasteiger charge is -2.30. The van der Waals surface area contributed by atoms with Crippen molar-refractivity contribution in [2.45, 2.75) is 25.3 Å². The van der Waals surface area contributed by atoms with E-state index in [1.54, 1.807) is 13.2 Å². The predicted molar refractivity (Wildman–Crippen MR) is 115 cm³/mol. The van der Waals surface area contributed by atoms with E-state index in [9.17, 15) is 9.59 Å². The quantitative estimate of drug-likeness (QED) is 0.672. The topological polar surface area (TPSA) is 83.6 Å². The van der Waals surface area contributed by atoms with Crippen molar-refractivity contribution in [1.82, 2.24) is 9.88 Å². The number of fused-ring (bicyclic) bond motifs is 4. The standard InChI is InChI=1S/C23H22N4O3/c1-30-19-13-20(24-16-9-3-2-7-14(16)19)26-23(29)25-17-10-6-8-15-21(17)18-11-4-5-12-27(18)22(15)28/h2-3,6-10,13,18H,4-5,11-12H2,1H3,(H2,24,25,26,29). The fraction of sp³-hybridized carbons (Fsp3) is 0.261. The van der Waals surface area contributed by atoms with E-state index in [1.165, 1.54) is 0 Å². The SMILES string of the molecule is COc1cc(NC(=O)Nc2cccc3c2C2CCCCN2C3=O)nc2ccccc12. The van der Waals surface area contributed by atoms with E-state index in [2.05, 4.69) is 15.6 Å². The molecule has 152 valence electrons. The van der Waals surface area contributed by atoms with Crippen LogP contribution >= 0.6 is 0 Å². The number of aromatic nitrogens is 1. The molecule has 3 aromatic rings. The lowest BCUT2D eigenvalue weighted by molar-refractivity contribution is 0.0672. The molecule has 0 saturated carbocycles. The number of piperidine rings is 1. The largest absolute Gasteiger partial charge is 0.496 e. The van der Waals surface area contributed by atoms with Crippen LogP contribution in [0.1, 0.15) is 41.2 Å². The molecule has 7 heteroatoms. The number of pyridine rings is 1. The molecule has 1 fully saturated rings. The number of urea groups is 1. The molecule has 3 heterocycles. The van der Waals surface area contributed by atoms with Crippen LogP contribution in [0.25, 0.3) is 10.9 Å². The number of benzene rings is 2. The van der Waals surface area contributed by atoms with Crippen molar-refractivity contribution in [1.29, 1.82) is 0 Å². The zero-order valence-corrected chi connectivity index (χ0v) is 16.6. The summed E-state index contributed by atoms with van der Waals surface area (Å²) in [6.45, 7) is 0.768. The molecule has 0 aliphatic carbocycles. The van der Waals surface area contributed by atoms with Gasteiger partial charge in [-0.1, -0.05) is 18.2 Å². The second-order valence-corrected chi connectivity index (χ2v) is 7.58. The van der Waals surface area contributed by atoms with Gasteiger partial charge in [-0.3, -0.25) is 10.1 Å². The molecule has 2 aromatic carbocycles. The molecule has 3 amide bonds. The molecule has 0 bridgehead atoms. The van der Waals surface area contributed by atoms with Crippen LogP contribution < -0.4 is 15.4 Å². The molecule has 7 nitrogen and oxygen atoms in total. The first-order valence-corrected chi connectivity index (χ1v) is 10.1. The number of amides is 3. The summed E-state index contributed by atoms with van der Waals surface area (Å²) in [5, 5.41) is 6.59. The van der Waals surface area contributed by atoms with Gasteiger partial charge < -0.3 is 15.0 Å². The number of nitrogens with zero attached hydrogens (tertiary/aromatic N) is 2. The van der Waals surface area contributed by atoms with E-state index in [4.69, 9.17) is 4.74 Å². The van der Waals surface area contributed by atoms with Crippen LogP contribution in [0, 0.1) is 0 Å². The summed E-state index contributed by atoms with van der Waals surface area (Å²) in [6, 6.07) is 14.4. The number of hydrogen-bond acceptors (Lipinski definition) is 4. The Morgan fingerprint density at radius 3 is 2.87 bits per heavy atom. The van der Waals surface area contributed by atoms with E-state index in [-0.39, 0.29) is 11.9 Å². The highest BCUT2D eigenvalue weighted by molar-refractivity contribution is 6.05. The number of nitrogens with one attached hydrogen (secondary N) is 2. The summed E-state index contributed by atoms with van der Waals surface area (Å²) in [6.07, 6.45) is 3.02. The average Bonchev–Trinajstić information content (AvgIpc) is 3.06. The van der Waals surface area contributed by atoms with Crippen LogP contribution in [0.2, 0.25) is 0 Å². The van der Waals surface area contributed by atoms with Gasteiger partial charge in [0, 0.05) is 34.8 Å². The zero-order chi connectivity index (χ0) is 20.7. The number of para-hydroxylation sites is 1. The van der Waals surface area contributed by atoms with E-state index in [1.807, 2.05) is 47.4 Å². The smallest absolute Gasteiger partial charge is 0.324 e. The summed E-state index contributed by atoms with van der Waals surface area (Å²) < 4.78 is 5.44. The normalized spacial score (nSPS) is 17.4. The third-order valence-corrected chi connectivity index (χ3v) is 5.82. The van der Waals surface area contributed by atoms with Crippen molar-refractivity contribution < 1.29 is 14.3 Å². The Kier molecular flexibility index (Phi) is 4.50. The first-order chi connectivity index (χ1) is 14.7. The Morgan fingerprint density at radius 2 is 2.00 bits per heavy atom. The molecule has 0 radical (unpaired) electrons. The van der Waals surface area contributed by atoms with Gasteiger partial charge in [0.1, 0.15) is 11.6 Å². The van der Waals surface area contributed by atoms with Crippen molar-refractivity contribution in [2.75, 3.05) is 24.3 Å². The second-order valence-electron chi connectivity index (χ2n) is 7.58. The van der Waals surface area contributed by atoms with Crippen LogP contribution in [-0.4, -0.2) is 35.5 Å². The maximum Gasteiger partial charge on any atom is 0.324 e. The van der Waals surface area contributed by atoms with Crippen LogP contribution in [-0.2, 0) is 0 Å². The highest BCUT2D eigenvalue weighted by Crippen LogP contribution is 2.43. The third-order valence-electron chi connectivity index (χ3n) is 5.82. The second kappa shape index (κ2) is 7.33. The van der Waals surface area contributed by atoms with Crippen molar-refractivity contribution in [2.24, 2.45) is 0 Å². The molecule has 30 heavy (non-hydrogen) atoms. The maximum absolute atomic E-state index is 12.8. The number of carbonyl (C=O) groups is 2. The molecule has 5 rings (SSSR count). The minimum Gasteiger partial charge on any atom is -0.496 e. The molecule has 2 aliphatic heterocycles. The Hall–Kier alpha value is -3.61. The van der Waals surface area contributed by atoms with Gasteiger partial charge in [-0.15, -0.1) is 0 Å². The zero-order valence-electron chi connectivity index (χ0n) is 16.6. The molecule has 2 N–H and O–H groups in total. The minimum absolute atomic E-state index is 0.0386. The first-order valence-electron chi connectivity index (χ1n) is 10.1. The first kappa shape index (κ1) is 18.4. The molecule has 1 aromatic heterocycles. The Labute approximate surface area is 174 Å². The highest BCUT2D eigenvalue weighted by atomic mass is 16.5. The van der Waals surface area contributed by atoms with Crippen LogP contribution in [0.5, 0.6) is 5.75 Å². The summed E-state index contributed by atoms with van der Waals surface area (Å²) >= 11 is 0. The van der Waals surface area contributed by atoms with Gasteiger partial charge in [0.05, 0.1) is 18.7 Å². The number of hydrogen-bond donors (Lipinski definition) is 2. The minimum atomic E-state index is -0.407. The van der Waals surface area contributed by atoms with Crippen LogP contribution in [0.15, 0.2) is 48.5 Å². The average molecular weight is 402 g/mol. The maximum atomic E-state index is 12.8. The van der Waals surface area contributed by atoms with Crippen molar-refractivity contribution >= 4 is 34.3 Å². The predicted octanol–water partition coefficient (Wildman–Crippen LogP) is 4.57. The van der Waals surface area contributed by atoms with E-state index < -0.39 is 6.03 Å². The van der Waals surface area contributed by atoms with Crippen molar-refractivity contribution in [3.8, 4) is 5.75 Å². The number of anilines is 2. The number of rotatable bonds is 3. The van der Waals surface area contributed by atoms with Gasteiger partial charge in [0.2, 0.25) is 0 Å². The summed E-state index contributed by atoms with van der Waals surface area (Å²) in [4.78, 5) is 31.9. The third kappa shape index (κ3) is 3.03. The van der Waals surface area contributed by atoms with Gasteiger partial charge >= 0.3 is 6.03 Å². The lowest BCUT2D eigenvalue weighted by atomic mass is 9.96. The Morgan fingerprint density at radius 1 is 1.13 bits per heavy atom.